The summed E-state index contributed by atoms with van der Waals surface area (Å²) in [5.74, 6) is -0.197. The molecule has 1 aromatic rings. The van der Waals surface area contributed by atoms with Crippen molar-refractivity contribution in [2.75, 3.05) is 6.54 Å². The lowest BCUT2D eigenvalue weighted by molar-refractivity contribution is -0.132. The van der Waals surface area contributed by atoms with E-state index in [1.54, 1.807) is 24.3 Å². The van der Waals surface area contributed by atoms with Crippen molar-refractivity contribution >= 4 is 23.5 Å². The van der Waals surface area contributed by atoms with Gasteiger partial charge in [-0.05, 0) is 30.5 Å². The number of halogens is 1. The molecule has 3 rings (SSSR count). The van der Waals surface area contributed by atoms with Crippen molar-refractivity contribution in [2.45, 2.75) is 50.2 Å². The van der Waals surface area contributed by atoms with Gasteiger partial charge in [-0.3, -0.25) is 9.69 Å². The molecule has 2 aliphatic rings. The smallest absolute Gasteiger partial charge is 0.325 e. The van der Waals surface area contributed by atoms with E-state index in [4.69, 9.17) is 11.6 Å². The maximum absolute atomic E-state index is 12.8. The normalized spacial score (nSPS) is 22.1. The zero-order chi connectivity index (χ0) is 16.4. The van der Waals surface area contributed by atoms with Crippen LogP contribution >= 0.6 is 11.6 Å². The number of β-amino-alcohol motifs (C(OH)–C–C–N with tert-alkyl or cyclic N) is 1. The van der Waals surface area contributed by atoms with Gasteiger partial charge >= 0.3 is 6.03 Å². The van der Waals surface area contributed by atoms with E-state index in [9.17, 15) is 14.7 Å². The van der Waals surface area contributed by atoms with Crippen LogP contribution < -0.4 is 5.32 Å². The van der Waals surface area contributed by atoms with Crippen molar-refractivity contribution in [1.82, 2.24) is 10.2 Å². The maximum Gasteiger partial charge on any atom is 0.325 e. The molecule has 6 heteroatoms. The lowest BCUT2D eigenvalue weighted by Gasteiger charge is -2.25. The number of rotatable bonds is 3. The van der Waals surface area contributed by atoms with Gasteiger partial charge in [-0.15, -0.1) is 0 Å². The van der Waals surface area contributed by atoms with Crippen LogP contribution in [0.3, 0.4) is 0 Å². The van der Waals surface area contributed by atoms with Crippen LogP contribution in [0.25, 0.3) is 0 Å². The second-order valence-corrected chi connectivity index (χ2v) is 6.85. The van der Waals surface area contributed by atoms with Gasteiger partial charge in [0.15, 0.2) is 0 Å². The molecule has 1 aromatic carbocycles. The van der Waals surface area contributed by atoms with Crippen LogP contribution in [-0.2, 0) is 4.79 Å². The van der Waals surface area contributed by atoms with Crippen molar-refractivity contribution in [3.8, 4) is 0 Å². The summed E-state index contributed by atoms with van der Waals surface area (Å²) in [5, 5.41) is 13.8. The first-order chi connectivity index (χ1) is 11.0. The fraction of sp³-hybridized carbons (Fsp3) is 0.529. The third-order valence-corrected chi connectivity index (χ3v) is 5.07. The quantitative estimate of drug-likeness (QED) is 0.834. The lowest BCUT2D eigenvalue weighted by Crippen LogP contribution is -2.46. The maximum atomic E-state index is 12.8. The van der Waals surface area contributed by atoms with Crippen LogP contribution in [-0.4, -0.2) is 34.0 Å². The number of benzene rings is 1. The van der Waals surface area contributed by atoms with Gasteiger partial charge in [-0.1, -0.05) is 49.4 Å². The molecule has 1 saturated heterocycles. The molecular formula is C17H21ClN2O3. The lowest BCUT2D eigenvalue weighted by atomic mass is 9.90. The Morgan fingerprint density at radius 2 is 1.74 bits per heavy atom. The minimum atomic E-state index is -0.914. The minimum absolute atomic E-state index is 0.0337. The molecular weight excluding hydrogens is 316 g/mol. The molecule has 1 heterocycles. The van der Waals surface area contributed by atoms with Gasteiger partial charge in [-0.2, -0.15) is 0 Å². The van der Waals surface area contributed by atoms with Gasteiger partial charge in [0, 0.05) is 5.02 Å². The summed E-state index contributed by atoms with van der Waals surface area (Å²) in [6.07, 6.45) is 4.54. The largest absolute Gasteiger partial charge is 0.387 e. The summed E-state index contributed by atoms with van der Waals surface area (Å²) in [7, 11) is 0. The monoisotopic (exact) mass is 336 g/mol. The number of urea groups is 1. The molecule has 2 N–H and O–H groups in total. The van der Waals surface area contributed by atoms with E-state index in [-0.39, 0.29) is 12.5 Å². The predicted octanol–water partition coefficient (Wildman–Crippen LogP) is 3.02. The molecule has 124 valence electrons. The predicted molar refractivity (Wildman–Crippen MR) is 87.1 cm³/mol. The number of hydrogen-bond donors (Lipinski definition) is 2. The average molecular weight is 337 g/mol. The van der Waals surface area contributed by atoms with Crippen LogP contribution in [0.15, 0.2) is 24.3 Å². The Kier molecular flexibility index (Phi) is 4.60. The van der Waals surface area contributed by atoms with Gasteiger partial charge in [-0.25, -0.2) is 4.79 Å². The molecule has 0 aromatic heterocycles. The average Bonchev–Trinajstić information content (AvgIpc) is 2.72. The molecule has 1 unspecified atom stereocenters. The third-order valence-electron chi connectivity index (χ3n) is 4.81. The zero-order valence-corrected chi connectivity index (χ0v) is 13.7. The second-order valence-electron chi connectivity index (χ2n) is 6.41. The highest BCUT2D eigenvalue weighted by Gasteiger charge is 2.50. The van der Waals surface area contributed by atoms with Gasteiger partial charge < -0.3 is 10.4 Å². The van der Waals surface area contributed by atoms with Crippen molar-refractivity contribution in [2.24, 2.45) is 0 Å². The number of carbonyl (C=O) groups is 2. The molecule has 1 spiro atoms. The fourth-order valence-corrected chi connectivity index (χ4v) is 3.60. The molecule has 2 fully saturated rings. The van der Waals surface area contributed by atoms with Crippen LogP contribution in [0, 0.1) is 0 Å². The van der Waals surface area contributed by atoms with E-state index in [0.717, 1.165) is 30.6 Å². The van der Waals surface area contributed by atoms with Crippen LogP contribution in [0.4, 0.5) is 4.79 Å². The molecule has 5 nitrogen and oxygen atoms in total. The van der Waals surface area contributed by atoms with Crippen molar-refractivity contribution in [3.63, 3.8) is 0 Å². The van der Waals surface area contributed by atoms with Gasteiger partial charge in [0.05, 0.1) is 12.6 Å². The number of imide groups is 1. The minimum Gasteiger partial charge on any atom is -0.387 e. The number of nitrogens with one attached hydrogen (secondary N) is 1. The summed E-state index contributed by atoms with van der Waals surface area (Å²) in [5.41, 5.74) is -0.121. The molecule has 1 atom stereocenters. The molecule has 1 saturated carbocycles. The van der Waals surface area contributed by atoms with E-state index in [1.165, 1.54) is 0 Å². The molecule has 0 radical (unpaired) electrons. The van der Waals surface area contributed by atoms with E-state index in [0.29, 0.717) is 23.4 Å². The molecule has 23 heavy (non-hydrogen) atoms. The molecule has 1 aliphatic heterocycles. The highest BCUT2D eigenvalue weighted by Crippen LogP contribution is 2.33. The van der Waals surface area contributed by atoms with Crippen molar-refractivity contribution in [1.29, 1.82) is 0 Å². The Labute approximate surface area is 140 Å². The van der Waals surface area contributed by atoms with Crippen LogP contribution in [0.2, 0.25) is 5.02 Å². The summed E-state index contributed by atoms with van der Waals surface area (Å²) in [4.78, 5) is 26.2. The Balaban J connectivity index is 1.73. The van der Waals surface area contributed by atoms with Gasteiger partial charge in [0.1, 0.15) is 5.54 Å². The molecule has 3 amide bonds. The Morgan fingerprint density at radius 3 is 2.35 bits per heavy atom. The fourth-order valence-electron chi connectivity index (χ4n) is 3.48. The third kappa shape index (κ3) is 3.21. The highest BCUT2D eigenvalue weighted by molar-refractivity contribution is 6.30. The summed E-state index contributed by atoms with van der Waals surface area (Å²) < 4.78 is 0. The van der Waals surface area contributed by atoms with Gasteiger partial charge in [0.25, 0.3) is 5.91 Å². The summed E-state index contributed by atoms with van der Waals surface area (Å²) in [6, 6.07) is 6.36. The zero-order valence-electron chi connectivity index (χ0n) is 12.9. The number of carbonyl (C=O) groups excluding carboxylic acids is 2. The van der Waals surface area contributed by atoms with Crippen LogP contribution in [0.5, 0.6) is 0 Å². The Hall–Kier alpha value is -1.59. The highest BCUT2D eigenvalue weighted by atomic mass is 35.5. The number of nitrogens with zero attached hydrogens (tertiary/aromatic N) is 1. The van der Waals surface area contributed by atoms with Gasteiger partial charge in [0.2, 0.25) is 0 Å². The standard InChI is InChI=1S/C17H21ClN2O3/c18-13-7-5-12(6-8-13)14(21)11-20-15(22)17(19-16(20)23)9-3-1-2-4-10-17/h5-8,14,21H,1-4,9-11H2,(H,19,23). The van der Waals surface area contributed by atoms with E-state index in [1.807, 2.05) is 0 Å². The van der Waals surface area contributed by atoms with E-state index < -0.39 is 17.7 Å². The molecule has 1 aliphatic carbocycles. The first-order valence-electron chi connectivity index (χ1n) is 8.09. The van der Waals surface area contributed by atoms with E-state index in [2.05, 4.69) is 5.32 Å². The number of aliphatic hydroxyl groups is 1. The summed E-state index contributed by atoms with van der Waals surface area (Å²) >= 11 is 5.84. The number of aliphatic hydroxyl groups excluding tert-OH is 1. The first kappa shape index (κ1) is 16.3. The van der Waals surface area contributed by atoms with Crippen LogP contribution in [0.1, 0.15) is 50.2 Å². The SMILES string of the molecule is O=C1NC2(CCCCCC2)C(=O)N1CC(O)c1ccc(Cl)cc1. The van der Waals surface area contributed by atoms with Crippen molar-refractivity contribution < 1.29 is 14.7 Å². The Morgan fingerprint density at radius 1 is 1.13 bits per heavy atom. The second kappa shape index (κ2) is 6.49. The summed E-state index contributed by atoms with van der Waals surface area (Å²) in [6.45, 7) is -0.0337. The molecule has 0 bridgehead atoms. The topological polar surface area (TPSA) is 69.6 Å². The first-order valence-corrected chi connectivity index (χ1v) is 8.47. The van der Waals surface area contributed by atoms with E-state index >= 15 is 0 Å². The Bertz CT molecular complexity index is 594. The number of amides is 3. The van der Waals surface area contributed by atoms with Crippen molar-refractivity contribution in [3.05, 3.63) is 34.9 Å². The number of hydrogen-bond acceptors (Lipinski definition) is 3.